The molecule has 0 radical (unpaired) electrons. The van der Waals surface area contributed by atoms with Gasteiger partial charge in [-0.2, -0.15) is 0 Å². The fourth-order valence-corrected chi connectivity index (χ4v) is 2.77. The topological polar surface area (TPSA) is 40.5 Å². The summed E-state index contributed by atoms with van der Waals surface area (Å²) in [5.41, 5.74) is 2.64. The molecule has 0 saturated carbocycles. The number of benzene rings is 1. The summed E-state index contributed by atoms with van der Waals surface area (Å²) in [6, 6.07) is 5.86. The molecule has 0 amide bonds. The van der Waals surface area contributed by atoms with E-state index in [9.17, 15) is 4.79 Å². The highest BCUT2D eigenvalue weighted by Crippen LogP contribution is 2.30. The molecule has 23 heavy (non-hydrogen) atoms. The Hall–Kier alpha value is -2.23. The molecule has 1 aromatic heterocycles. The number of hydrogen-bond donors (Lipinski definition) is 0. The lowest BCUT2D eigenvalue weighted by atomic mass is 10.1. The van der Waals surface area contributed by atoms with Crippen LogP contribution < -0.4 is 4.74 Å². The number of unbranched alkanes of at least 4 members (excludes halogenated alkanes) is 1. The summed E-state index contributed by atoms with van der Waals surface area (Å²) < 4.78 is 13.1. The van der Waals surface area contributed by atoms with Crippen molar-refractivity contribution in [2.24, 2.45) is 0 Å². The van der Waals surface area contributed by atoms with Crippen LogP contribution in [0, 0.1) is 6.92 Å². The Morgan fingerprint density at radius 3 is 2.78 bits per heavy atom. The second kappa shape index (κ2) is 7.86. The van der Waals surface area contributed by atoms with E-state index in [2.05, 4.69) is 18.1 Å². The summed E-state index contributed by atoms with van der Waals surface area (Å²) in [5, 5.41) is 0.888. The summed E-state index contributed by atoms with van der Waals surface area (Å²) in [6.45, 7) is 11.3. The van der Waals surface area contributed by atoms with Crippen molar-refractivity contribution >= 4 is 16.9 Å². The molecule has 124 valence electrons. The van der Waals surface area contributed by atoms with Crippen LogP contribution in [0.1, 0.15) is 42.7 Å². The Balaban J connectivity index is 2.56. The number of aryl methyl sites for hydroxylation is 1. The van der Waals surface area contributed by atoms with Gasteiger partial charge < -0.3 is 14.0 Å². The normalized spacial score (nSPS) is 10.7. The highest BCUT2D eigenvalue weighted by molar-refractivity contribution is 6.06. The molecule has 4 heteroatoms. The van der Waals surface area contributed by atoms with Crippen molar-refractivity contribution in [1.29, 1.82) is 0 Å². The Morgan fingerprint density at radius 1 is 1.35 bits per heavy atom. The van der Waals surface area contributed by atoms with Crippen LogP contribution in [-0.4, -0.2) is 23.8 Å². The summed E-state index contributed by atoms with van der Waals surface area (Å²) in [5.74, 6) is 0.460. The van der Waals surface area contributed by atoms with Gasteiger partial charge in [-0.15, -0.1) is 0 Å². The van der Waals surface area contributed by atoms with E-state index < -0.39 is 0 Å². The third kappa shape index (κ3) is 3.58. The zero-order chi connectivity index (χ0) is 16.8. The number of ether oxygens (including phenoxy) is 2. The van der Waals surface area contributed by atoms with E-state index in [1.165, 1.54) is 0 Å². The lowest BCUT2D eigenvalue weighted by molar-refractivity contribution is 0.0527. The van der Waals surface area contributed by atoms with Gasteiger partial charge >= 0.3 is 5.97 Å². The third-order valence-electron chi connectivity index (χ3n) is 3.88. The second-order valence-corrected chi connectivity index (χ2v) is 5.46. The molecule has 4 nitrogen and oxygen atoms in total. The molecule has 0 unspecified atom stereocenters. The molecule has 0 aliphatic rings. The van der Waals surface area contributed by atoms with Gasteiger partial charge in [0.2, 0.25) is 0 Å². The standard InChI is InChI=1S/C19H25NO3/c1-5-8-11-20-14(4)18(19(21)22-7-3)16-13-15(23-12-6-2)9-10-17(16)20/h6,9-10,13H,2,5,7-8,11-12H2,1,3-4H3. The van der Waals surface area contributed by atoms with E-state index in [0.29, 0.717) is 18.8 Å². The van der Waals surface area contributed by atoms with E-state index in [4.69, 9.17) is 9.47 Å². The first-order chi connectivity index (χ1) is 11.1. The van der Waals surface area contributed by atoms with Crippen molar-refractivity contribution < 1.29 is 14.3 Å². The van der Waals surface area contributed by atoms with E-state index in [-0.39, 0.29) is 5.97 Å². The van der Waals surface area contributed by atoms with Gasteiger partial charge in [0.05, 0.1) is 12.2 Å². The lowest BCUT2D eigenvalue weighted by Gasteiger charge is -2.08. The number of carbonyl (C=O) groups excluding carboxylic acids is 1. The minimum Gasteiger partial charge on any atom is -0.490 e. The van der Waals surface area contributed by atoms with E-state index in [1.54, 1.807) is 6.08 Å². The predicted molar refractivity (Wildman–Crippen MR) is 93.2 cm³/mol. The molecule has 0 aliphatic carbocycles. The fourth-order valence-electron chi connectivity index (χ4n) is 2.77. The summed E-state index contributed by atoms with van der Waals surface area (Å²) in [4.78, 5) is 12.4. The molecule has 0 atom stereocenters. The van der Waals surface area contributed by atoms with Gasteiger partial charge in [-0.3, -0.25) is 0 Å². The van der Waals surface area contributed by atoms with E-state index >= 15 is 0 Å². The van der Waals surface area contributed by atoms with Crippen molar-refractivity contribution in [2.45, 2.75) is 40.2 Å². The minimum absolute atomic E-state index is 0.272. The largest absolute Gasteiger partial charge is 0.490 e. The molecule has 0 spiro atoms. The zero-order valence-electron chi connectivity index (χ0n) is 14.2. The monoisotopic (exact) mass is 315 g/mol. The molecule has 0 bridgehead atoms. The average Bonchev–Trinajstić information content (AvgIpc) is 2.82. The Morgan fingerprint density at radius 2 is 2.13 bits per heavy atom. The maximum Gasteiger partial charge on any atom is 0.340 e. The molecule has 1 aromatic carbocycles. The molecule has 0 fully saturated rings. The van der Waals surface area contributed by atoms with Crippen molar-refractivity contribution in [3.8, 4) is 5.75 Å². The number of fused-ring (bicyclic) bond motifs is 1. The molecule has 1 heterocycles. The summed E-state index contributed by atoms with van der Waals surface area (Å²) in [7, 11) is 0. The number of esters is 1. The molecular formula is C19H25NO3. The molecular weight excluding hydrogens is 290 g/mol. The van der Waals surface area contributed by atoms with Crippen LogP contribution in [0.15, 0.2) is 30.9 Å². The molecule has 0 aliphatic heterocycles. The van der Waals surface area contributed by atoms with E-state index in [0.717, 1.165) is 41.7 Å². The van der Waals surface area contributed by atoms with Gasteiger partial charge in [-0.05, 0) is 38.5 Å². The SMILES string of the molecule is C=CCOc1ccc2c(c1)c(C(=O)OCC)c(C)n2CCCC. The van der Waals surface area contributed by atoms with Crippen LogP contribution in [0.5, 0.6) is 5.75 Å². The van der Waals surface area contributed by atoms with Crippen molar-refractivity contribution in [3.05, 3.63) is 42.1 Å². The molecule has 0 N–H and O–H groups in total. The number of aromatic nitrogens is 1. The third-order valence-corrected chi connectivity index (χ3v) is 3.88. The van der Waals surface area contributed by atoms with E-state index in [1.807, 2.05) is 32.0 Å². The molecule has 0 saturated heterocycles. The van der Waals surface area contributed by atoms with Gasteiger partial charge in [-0.25, -0.2) is 4.79 Å². The summed E-state index contributed by atoms with van der Waals surface area (Å²) in [6.07, 6.45) is 3.88. The Labute approximate surface area is 137 Å². The number of rotatable bonds is 8. The van der Waals surface area contributed by atoms with Crippen LogP contribution in [-0.2, 0) is 11.3 Å². The van der Waals surface area contributed by atoms with Gasteiger partial charge in [0.1, 0.15) is 12.4 Å². The maximum absolute atomic E-state index is 12.4. The Bertz CT molecular complexity index is 700. The Kier molecular flexibility index (Phi) is 5.85. The number of carbonyl (C=O) groups is 1. The van der Waals surface area contributed by atoms with Crippen LogP contribution in [0.4, 0.5) is 0 Å². The zero-order valence-corrected chi connectivity index (χ0v) is 14.2. The van der Waals surface area contributed by atoms with Crippen LogP contribution in [0.2, 0.25) is 0 Å². The number of nitrogens with zero attached hydrogens (tertiary/aromatic N) is 1. The first-order valence-corrected chi connectivity index (χ1v) is 8.17. The van der Waals surface area contributed by atoms with Gasteiger partial charge in [-0.1, -0.05) is 26.0 Å². The number of hydrogen-bond acceptors (Lipinski definition) is 3. The first-order valence-electron chi connectivity index (χ1n) is 8.17. The predicted octanol–water partition coefficient (Wildman–Crippen LogP) is 4.49. The van der Waals surface area contributed by atoms with Gasteiger partial charge in [0, 0.05) is 23.1 Å². The highest BCUT2D eigenvalue weighted by atomic mass is 16.5. The lowest BCUT2D eigenvalue weighted by Crippen LogP contribution is -2.07. The fraction of sp³-hybridized carbons (Fsp3) is 0.421. The van der Waals surface area contributed by atoms with Crippen molar-refractivity contribution in [1.82, 2.24) is 4.57 Å². The molecule has 2 aromatic rings. The van der Waals surface area contributed by atoms with Crippen LogP contribution in [0.25, 0.3) is 10.9 Å². The highest BCUT2D eigenvalue weighted by Gasteiger charge is 2.21. The maximum atomic E-state index is 12.4. The van der Waals surface area contributed by atoms with Crippen LogP contribution >= 0.6 is 0 Å². The average molecular weight is 315 g/mol. The first kappa shape index (κ1) is 17.1. The van der Waals surface area contributed by atoms with Crippen LogP contribution in [0.3, 0.4) is 0 Å². The van der Waals surface area contributed by atoms with Gasteiger partial charge in [0.25, 0.3) is 0 Å². The smallest absolute Gasteiger partial charge is 0.340 e. The van der Waals surface area contributed by atoms with Crippen molar-refractivity contribution in [2.75, 3.05) is 13.2 Å². The van der Waals surface area contributed by atoms with Gasteiger partial charge in [0.15, 0.2) is 0 Å². The summed E-state index contributed by atoms with van der Waals surface area (Å²) >= 11 is 0. The second-order valence-electron chi connectivity index (χ2n) is 5.46. The van der Waals surface area contributed by atoms with Crippen molar-refractivity contribution in [3.63, 3.8) is 0 Å². The molecule has 2 rings (SSSR count). The minimum atomic E-state index is -0.272. The quantitative estimate of drug-likeness (QED) is 0.532.